The van der Waals surface area contributed by atoms with E-state index in [0.29, 0.717) is 51.1 Å². The first-order valence-corrected chi connectivity index (χ1v) is 12.7. The Morgan fingerprint density at radius 1 is 0.523 bits per heavy atom. The van der Waals surface area contributed by atoms with E-state index in [4.69, 9.17) is 13.1 Å². The van der Waals surface area contributed by atoms with Gasteiger partial charge in [0.05, 0.1) is 36.4 Å². The van der Waals surface area contributed by atoms with Crippen LogP contribution in [0.4, 0.5) is 26.3 Å². The van der Waals surface area contributed by atoms with Crippen molar-refractivity contribution in [1.29, 1.82) is 10.5 Å². The maximum atomic E-state index is 13.6. The smallest absolute Gasteiger partial charge is 0.226 e. The van der Waals surface area contributed by atoms with Crippen LogP contribution in [-0.2, 0) is 12.4 Å². The van der Waals surface area contributed by atoms with Crippen molar-refractivity contribution in [2.24, 2.45) is 0 Å². The second-order valence-electron chi connectivity index (χ2n) is 9.94. The van der Waals surface area contributed by atoms with Gasteiger partial charge in [-0.2, -0.15) is 26.3 Å². The molecule has 10 heteroatoms. The van der Waals surface area contributed by atoms with Crippen molar-refractivity contribution < 1.29 is 26.3 Å². The van der Waals surface area contributed by atoms with Crippen molar-refractivity contribution in [2.45, 2.75) is 12.4 Å². The van der Waals surface area contributed by atoms with E-state index in [-0.39, 0.29) is 39.7 Å². The zero-order valence-electron chi connectivity index (χ0n) is 22.0. The van der Waals surface area contributed by atoms with Gasteiger partial charge in [0.2, 0.25) is 0 Å². The van der Waals surface area contributed by atoms with Gasteiger partial charge in [0.15, 0.2) is 0 Å². The minimum atomic E-state index is -5.04. The van der Waals surface area contributed by atoms with Crippen LogP contribution >= 0.6 is 0 Å². The van der Waals surface area contributed by atoms with Crippen molar-refractivity contribution in [1.82, 2.24) is 0 Å². The van der Waals surface area contributed by atoms with E-state index in [1.54, 1.807) is 30.3 Å². The van der Waals surface area contributed by atoms with Gasteiger partial charge in [0.25, 0.3) is 11.4 Å². The third-order valence-electron chi connectivity index (χ3n) is 7.59. The molecule has 0 aromatic heterocycles. The molecule has 0 fully saturated rings. The molecule has 0 aliphatic heterocycles. The molecule has 0 N–H and O–H groups in total. The molecule has 4 aromatic rings. The van der Waals surface area contributed by atoms with E-state index in [2.05, 4.69) is 9.69 Å². The third-order valence-corrected chi connectivity index (χ3v) is 7.59. The Morgan fingerprint density at radius 2 is 0.977 bits per heavy atom. The first-order valence-electron chi connectivity index (χ1n) is 12.7. The summed E-state index contributed by atoms with van der Waals surface area (Å²) in [7, 11) is 0. The number of allylic oxidation sites excluding steroid dienone is 2. The van der Waals surface area contributed by atoms with Crippen LogP contribution in [0, 0.1) is 35.8 Å². The highest BCUT2D eigenvalue weighted by Gasteiger charge is 2.38. The normalized spacial score (nSPS) is 15.0. The van der Waals surface area contributed by atoms with E-state index in [1.807, 2.05) is 18.2 Å². The number of hydrogen-bond acceptors (Lipinski definition) is 2. The van der Waals surface area contributed by atoms with Crippen LogP contribution in [0.1, 0.15) is 33.4 Å². The summed E-state index contributed by atoms with van der Waals surface area (Å²) in [6, 6.07) is 20.0. The summed E-state index contributed by atoms with van der Waals surface area (Å²) in [5, 5.41) is 19.6. The Hall–Kier alpha value is -6.10. The minimum Gasteiger partial charge on any atom is -0.226 e. The van der Waals surface area contributed by atoms with Gasteiger partial charge in [-0.15, -0.1) is 0 Å². The van der Waals surface area contributed by atoms with E-state index in [9.17, 15) is 36.9 Å². The minimum absolute atomic E-state index is 0.0196. The number of halogens is 6. The van der Waals surface area contributed by atoms with Crippen LogP contribution in [0.2, 0.25) is 0 Å². The molecule has 0 saturated heterocycles. The number of hydrogen-bond donors (Lipinski definition) is 0. The van der Waals surface area contributed by atoms with Crippen LogP contribution in [0.15, 0.2) is 84.2 Å². The molecule has 6 rings (SSSR count). The third kappa shape index (κ3) is 4.21. The molecule has 4 aromatic carbocycles. The number of alkyl halides is 6. The molecule has 0 heterocycles. The number of nitrogens with zero attached hydrogens (tertiary/aromatic N) is 4. The topological polar surface area (TPSA) is 56.3 Å². The van der Waals surface area contributed by atoms with Gasteiger partial charge < -0.3 is 0 Å². The quantitative estimate of drug-likeness (QED) is 0.109. The SMILES string of the molecule is [C-]#[N+]/C(C#N)=C1/c2ccccc2-c2cc3c(cc21)-c1ccc(-c2cc(C(F)(F)F)cc(C(F)(F)F)c2)cc1/C3=C(/C#N)[N+]#[C-]. The van der Waals surface area contributed by atoms with E-state index in [1.165, 1.54) is 18.2 Å². The summed E-state index contributed by atoms with van der Waals surface area (Å²) in [5.41, 5.74) is 1.24. The largest absolute Gasteiger partial charge is 0.416 e. The average Bonchev–Trinajstić information content (AvgIpc) is 3.48. The van der Waals surface area contributed by atoms with Gasteiger partial charge in [-0.1, -0.05) is 36.4 Å². The summed E-state index contributed by atoms with van der Waals surface area (Å²) in [6.45, 7) is 15.2. The predicted molar refractivity (Wildman–Crippen MR) is 149 cm³/mol. The molecule has 4 nitrogen and oxygen atoms in total. The van der Waals surface area contributed by atoms with Gasteiger partial charge in [0.1, 0.15) is 0 Å². The fourth-order valence-corrected chi connectivity index (χ4v) is 5.76. The molecule has 0 unspecified atom stereocenters. The van der Waals surface area contributed by atoms with E-state index >= 15 is 0 Å². The standard InChI is InChI=1S/C34H12F6N4/c1-43-29(15-41)31-23-6-4-3-5-21(23)24-13-28-25(14-27(24)31)22-8-7-17(11-26(22)32(28)30(16-42)44-2)18-9-19(33(35,36)37)12-20(10-18)34(38,39)40/h3-14H/b31-29-,32-30+. The molecular formula is C34H12F6N4. The summed E-state index contributed by atoms with van der Waals surface area (Å²) in [5.74, 6) is 0. The van der Waals surface area contributed by atoms with Gasteiger partial charge in [0, 0.05) is 11.1 Å². The monoisotopic (exact) mass is 590 g/mol. The maximum absolute atomic E-state index is 13.6. The van der Waals surface area contributed by atoms with Crippen LogP contribution in [-0.4, -0.2) is 0 Å². The molecule has 0 saturated carbocycles. The summed E-state index contributed by atoms with van der Waals surface area (Å²) < 4.78 is 81.5. The highest BCUT2D eigenvalue weighted by Crippen LogP contribution is 2.54. The van der Waals surface area contributed by atoms with Crippen LogP contribution in [0.25, 0.3) is 54.2 Å². The number of fused-ring (bicyclic) bond motifs is 6. The van der Waals surface area contributed by atoms with Crippen molar-refractivity contribution in [2.75, 3.05) is 0 Å². The predicted octanol–water partition coefficient (Wildman–Crippen LogP) is 9.76. The first-order chi connectivity index (χ1) is 20.9. The van der Waals surface area contributed by atoms with Gasteiger partial charge in [-0.3, -0.25) is 0 Å². The fraction of sp³-hybridized carbons (Fsp3) is 0.0588. The lowest BCUT2D eigenvalue weighted by atomic mass is 9.94. The van der Waals surface area contributed by atoms with Gasteiger partial charge in [-0.05, 0) is 92.0 Å². The molecule has 0 bridgehead atoms. The van der Waals surface area contributed by atoms with Crippen molar-refractivity contribution >= 4 is 11.1 Å². The molecule has 2 aliphatic rings. The van der Waals surface area contributed by atoms with Crippen LogP contribution in [0.3, 0.4) is 0 Å². The Bertz CT molecular complexity index is 2130. The van der Waals surface area contributed by atoms with Gasteiger partial charge in [-0.25, -0.2) is 20.2 Å². The average molecular weight is 590 g/mol. The Balaban J connectivity index is 1.64. The lowest BCUT2D eigenvalue weighted by Crippen LogP contribution is -2.11. The molecule has 210 valence electrons. The fourth-order valence-electron chi connectivity index (χ4n) is 5.76. The molecule has 0 radical (unpaired) electrons. The Kier molecular flexibility index (Phi) is 6.20. The van der Waals surface area contributed by atoms with Crippen molar-refractivity contribution in [3.63, 3.8) is 0 Å². The maximum Gasteiger partial charge on any atom is 0.416 e. The van der Waals surface area contributed by atoms with Crippen molar-refractivity contribution in [3.8, 4) is 45.5 Å². The summed E-state index contributed by atoms with van der Waals surface area (Å²) in [6.07, 6.45) is -10.1. The van der Waals surface area contributed by atoms with Gasteiger partial charge >= 0.3 is 12.4 Å². The first kappa shape index (κ1) is 28.0. The number of rotatable bonds is 1. The second kappa shape index (κ2) is 9.73. The lowest BCUT2D eigenvalue weighted by molar-refractivity contribution is -0.143. The zero-order valence-corrected chi connectivity index (χ0v) is 22.0. The summed E-state index contributed by atoms with van der Waals surface area (Å²) >= 11 is 0. The van der Waals surface area contributed by atoms with E-state index < -0.39 is 23.5 Å². The van der Waals surface area contributed by atoms with Crippen LogP contribution < -0.4 is 0 Å². The van der Waals surface area contributed by atoms with Crippen molar-refractivity contribution in [3.05, 3.63) is 140 Å². The molecule has 44 heavy (non-hydrogen) atoms. The Morgan fingerprint density at radius 3 is 1.45 bits per heavy atom. The number of benzene rings is 4. The van der Waals surface area contributed by atoms with Crippen LogP contribution in [0.5, 0.6) is 0 Å². The highest BCUT2D eigenvalue weighted by molar-refractivity contribution is 6.11. The molecule has 0 spiro atoms. The second-order valence-corrected chi connectivity index (χ2v) is 9.94. The highest BCUT2D eigenvalue weighted by atomic mass is 19.4. The summed E-state index contributed by atoms with van der Waals surface area (Å²) in [4.78, 5) is 6.77. The molecule has 0 atom stereocenters. The zero-order chi connectivity index (χ0) is 31.6. The molecule has 0 amide bonds. The molecular weight excluding hydrogens is 578 g/mol. The Labute approximate surface area is 246 Å². The molecule has 2 aliphatic carbocycles. The lowest BCUT2D eigenvalue weighted by Gasteiger charge is -2.15. The number of nitriles is 2. The van der Waals surface area contributed by atoms with E-state index in [0.717, 1.165) is 5.56 Å².